The van der Waals surface area contributed by atoms with Gasteiger partial charge in [0, 0.05) is 36.8 Å². The van der Waals surface area contributed by atoms with Crippen molar-refractivity contribution < 1.29 is 14.7 Å². The van der Waals surface area contributed by atoms with Crippen molar-refractivity contribution in [1.29, 1.82) is 0 Å². The van der Waals surface area contributed by atoms with Gasteiger partial charge in [0.15, 0.2) is 0 Å². The molecular weight excluding hydrogens is 363 g/mol. The van der Waals surface area contributed by atoms with Gasteiger partial charge in [0.1, 0.15) is 5.75 Å². The lowest BCUT2D eigenvalue weighted by Gasteiger charge is -2.35. The molecule has 1 aliphatic heterocycles. The minimum absolute atomic E-state index is 0.0528. The van der Waals surface area contributed by atoms with Crippen LogP contribution in [0.5, 0.6) is 5.75 Å². The van der Waals surface area contributed by atoms with Crippen molar-refractivity contribution in [2.75, 3.05) is 26.2 Å². The summed E-state index contributed by atoms with van der Waals surface area (Å²) in [6.07, 6.45) is 0. The molecule has 0 aromatic heterocycles. The van der Waals surface area contributed by atoms with Gasteiger partial charge in [-0.05, 0) is 36.4 Å². The van der Waals surface area contributed by atoms with Crippen molar-refractivity contribution in [3.8, 4) is 5.75 Å². The van der Waals surface area contributed by atoms with Gasteiger partial charge in [-0.2, -0.15) is 0 Å². The van der Waals surface area contributed by atoms with Gasteiger partial charge < -0.3 is 14.9 Å². The SMILES string of the molecule is O=C(c1cccc(O)c1)N1CCN(C(=O)c2ccc(Cl)cc2Cl)CC1. The second kappa shape index (κ2) is 7.33. The Morgan fingerprint density at radius 2 is 1.52 bits per heavy atom. The number of carbonyl (C=O) groups is 2. The number of rotatable bonds is 2. The highest BCUT2D eigenvalue weighted by Crippen LogP contribution is 2.23. The van der Waals surface area contributed by atoms with Gasteiger partial charge in [-0.25, -0.2) is 0 Å². The van der Waals surface area contributed by atoms with Crippen LogP contribution < -0.4 is 0 Å². The van der Waals surface area contributed by atoms with E-state index in [4.69, 9.17) is 23.2 Å². The fourth-order valence-corrected chi connectivity index (χ4v) is 3.26. The molecule has 0 unspecified atom stereocenters. The maximum atomic E-state index is 12.6. The lowest BCUT2D eigenvalue weighted by atomic mass is 10.1. The second-order valence-electron chi connectivity index (χ2n) is 5.76. The van der Waals surface area contributed by atoms with Gasteiger partial charge in [-0.15, -0.1) is 0 Å². The van der Waals surface area contributed by atoms with Gasteiger partial charge in [0.2, 0.25) is 0 Å². The molecule has 2 amide bonds. The van der Waals surface area contributed by atoms with Crippen LogP contribution in [0.1, 0.15) is 20.7 Å². The number of benzene rings is 2. The predicted octanol–water partition coefficient (Wildman–Crippen LogP) is 3.30. The average molecular weight is 379 g/mol. The van der Waals surface area contributed by atoms with Crippen LogP contribution in [0.2, 0.25) is 10.0 Å². The molecule has 1 N–H and O–H groups in total. The first-order chi connectivity index (χ1) is 12.0. The largest absolute Gasteiger partial charge is 0.508 e. The molecule has 2 aromatic carbocycles. The third-order valence-electron chi connectivity index (χ3n) is 4.11. The summed E-state index contributed by atoms with van der Waals surface area (Å²) in [6, 6.07) is 11.0. The molecule has 1 heterocycles. The monoisotopic (exact) mass is 378 g/mol. The van der Waals surface area contributed by atoms with Crippen molar-refractivity contribution in [1.82, 2.24) is 9.80 Å². The van der Waals surface area contributed by atoms with Crippen LogP contribution in [0.4, 0.5) is 0 Å². The van der Waals surface area contributed by atoms with Crippen molar-refractivity contribution in [2.45, 2.75) is 0 Å². The summed E-state index contributed by atoms with van der Waals surface area (Å²) < 4.78 is 0. The maximum absolute atomic E-state index is 12.6. The van der Waals surface area contributed by atoms with E-state index in [0.29, 0.717) is 47.4 Å². The molecule has 130 valence electrons. The van der Waals surface area contributed by atoms with Crippen LogP contribution in [0.25, 0.3) is 0 Å². The van der Waals surface area contributed by atoms with Crippen LogP contribution in [0.15, 0.2) is 42.5 Å². The number of aromatic hydroxyl groups is 1. The van der Waals surface area contributed by atoms with Gasteiger partial charge in [0.25, 0.3) is 11.8 Å². The molecule has 1 saturated heterocycles. The summed E-state index contributed by atoms with van der Waals surface area (Å²) >= 11 is 12.0. The first-order valence-corrected chi connectivity index (χ1v) is 8.54. The lowest BCUT2D eigenvalue weighted by Crippen LogP contribution is -2.50. The highest BCUT2D eigenvalue weighted by atomic mass is 35.5. The smallest absolute Gasteiger partial charge is 0.255 e. The van der Waals surface area contributed by atoms with Crippen LogP contribution >= 0.6 is 23.2 Å². The molecule has 2 aromatic rings. The van der Waals surface area contributed by atoms with Crippen LogP contribution in [0.3, 0.4) is 0 Å². The minimum atomic E-state index is -0.175. The Bertz CT molecular complexity index is 818. The summed E-state index contributed by atoms with van der Waals surface area (Å²) in [6.45, 7) is 1.68. The standard InChI is InChI=1S/C18H16Cl2N2O3/c19-13-4-5-15(16(20)11-13)18(25)22-8-6-21(7-9-22)17(24)12-2-1-3-14(23)10-12/h1-5,10-11,23H,6-9H2. The van der Waals surface area contributed by atoms with E-state index in [0.717, 1.165) is 0 Å². The Balaban J connectivity index is 1.65. The molecule has 0 bridgehead atoms. The summed E-state index contributed by atoms with van der Waals surface area (Å²) in [4.78, 5) is 28.4. The van der Waals surface area contributed by atoms with Crippen molar-refractivity contribution >= 4 is 35.0 Å². The highest BCUT2D eigenvalue weighted by molar-refractivity contribution is 6.36. The van der Waals surface area contributed by atoms with Crippen molar-refractivity contribution in [2.24, 2.45) is 0 Å². The zero-order valence-corrected chi connectivity index (χ0v) is 14.8. The van der Waals surface area contributed by atoms with E-state index in [9.17, 15) is 14.7 Å². The molecule has 1 fully saturated rings. The first-order valence-electron chi connectivity index (χ1n) is 7.78. The van der Waals surface area contributed by atoms with Crippen molar-refractivity contribution in [3.63, 3.8) is 0 Å². The van der Waals surface area contributed by atoms with E-state index in [1.54, 1.807) is 34.1 Å². The molecule has 25 heavy (non-hydrogen) atoms. The zero-order chi connectivity index (χ0) is 18.0. The van der Waals surface area contributed by atoms with Gasteiger partial charge >= 0.3 is 0 Å². The number of hydrogen-bond donors (Lipinski definition) is 1. The quantitative estimate of drug-likeness (QED) is 0.871. The number of phenols is 1. The summed E-state index contributed by atoms with van der Waals surface area (Å²) in [5, 5.41) is 10.3. The Morgan fingerprint density at radius 1 is 0.880 bits per heavy atom. The number of hydrogen-bond acceptors (Lipinski definition) is 3. The molecule has 0 aliphatic carbocycles. The highest BCUT2D eigenvalue weighted by Gasteiger charge is 2.26. The van der Waals surface area contributed by atoms with Gasteiger partial charge in [0.05, 0.1) is 10.6 Å². The third kappa shape index (κ3) is 3.89. The summed E-state index contributed by atoms with van der Waals surface area (Å²) in [5.74, 6) is -0.282. The van der Waals surface area contributed by atoms with E-state index >= 15 is 0 Å². The van der Waals surface area contributed by atoms with Crippen LogP contribution in [-0.4, -0.2) is 52.9 Å². The third-order valence-corrected chi connectivity index (χ3v) is 4.66. The Hall–Kier alpha value is -2.24. The number of piperazine rings is 1. The molecule has 0 radical (unpaired) electrons. The number of halogens is 2. The number of amides is 2. The molecule has 0 spiro atoms. The van der Waals surface area contributed by atoms with Crippen LogP contribution in [-0.2, 0) is 0 Å². The van der Waals surface area contributed by atoms with E-state index in [1.165, 1.54) is 18.2 Å². The van der Waals surface area contributed by atoms with E-state index in [-0.39, 0.29) is 17.6 Å². The average Bonchev–Trinajstić information content (AvgIpc) is 2.61. The lowest BCUT2D eigenvalue weighted by molar-refractivity contribution is 0.0535. The molecule has 7 heteroatoms. The predicted molar refractivity (Wildman–Crippen MR) is 96.4 cm³/mol. The topological polar surface area (TPSA) is 60.9 Å². The number of carbonyl (C=O) groups excluding carboxylic acids is 2. The molecule has 5 nitrogen and oxygen atoms in total. The van der Waals surface area contributed by atoms with Crippen LogP contribution in [0, 0.1) is 0 Å². The minimum Gasteiger partial charge on any atom is -0.508 e. The van der Waals surface area contributed by atoms with E-state index in [1.807, 2.05) is 0 Å². The fourth-order valence-electron chi connectivity index (χ4n) is 2.77. The first kappa shape index (κ1) is 17.6. The molecular formula is C18H16Cl2N2O3. The van der Waals surface area contributed by atoms with E-state index < -0.39 is 0 Å². The summed E-state index contributed by atoms with van der Waals surface area (Å²) in [5.41, 5.74) is 0.833. The maximum Gasteiger partial charge on any atom is 0.255 e. The molecule has 1 aliphatic rings. The molecule has 3 rings (SSSR count). The number of nitrogens with zero attached hydrogens (tertiary/aromatic N) is 2. The second-order valence-corrected chi connectivity index (χ2v) is 6.60. The molecule has 0 atom stereocenters. The summed E-state index contributed by atoms with van der Waals surface area (Å²) in [7, 11) is 0. The van der Waals surface area contributed by atoms with Gasteiger partial charge in [-0.1, -0.05) is 29.3 Å². The Kier molecular flexibility index (Phi) is 5.16. The zero-order valence-electron chi connectivity index (χ0n) is 13.3. The van der Waals surface area contributed by atoms with Gasteiger partial charge in [-0.3, -0.25) is 9.59 Å². The Morgan fingerprint density at radius 3 is 2.12 bits per heavy atom. The normalized spacial score (nSPS) is 14.5. The molecule has 0 saturated carbocycles. The Labute approximate surface area is 155 Å². The van der Waals surface area contributed by atoms with E-state index in [2.05, 4.69) is 0 Å². The number of phenolic OH excluding ortho intramolecular Hbond substituents is 1. The fraction of sp³-hybridized carbons (Fsp3) is 0.222. The van der Waals surface area contributed by atoms with Crippen molar-refractivity contribution in [3.05, 3.63) is 63.6 Å².